The molecule has 9 heteroatoms. The quantitative estimate of drug-likeness (QED) is 0.571. The molecule has 0 bridgehead atoms. The minimum Gasteiger partial charge on any atom is -0.437 e. The highest BCUT2D eigenvalue weighted by molar-refractivity contribution is 5.94. The number of imidazole rings is 1. The maximum Gasteiger partial charge on any atom is 0.293 e. The molecule has 0 spiro atoms. The standard InChI is InChI=1S/C19H13N7O2/c20-7-14-17(28-10-24-14)19(27)26-6-5-13-15(23-9-22-13)16(26)18-21-8-11-3-1-2-4-12(11)25-18/h1-4,8-10,16H,5-6H2,(H,22,23)/t16-/m1/s1. The van der Waals surface area contributed by atoms with Crippen molar-refractivity contribution in [1.29, 1.82) is 5.26 Å². The summed E-state index contributed by atoms with van der Waals surface area (Å²) in [6, 6.07) is 8.93. The van der Waals surface area contributed by atoms with E-state index >= 15 is 0 Å². The van der Waals surface area contributed by atoms with Gasteiger partial charge in [-0.2, -0.15) is 5.26 Å². The van der Waals surface area contributed by atoms with Crippen LogP contribution in [0.15, 0.2) is 47.6 Å². The number of para-hydroxylation sites is 1. The Bertz CT molecular complexity index is 1240. The van der Waals surface area contributed by atoms with Crippen LogP contribution in [-0.2, 0) is 6.42 Å². The number of aromatic nitrogens is 5. The monoisotopic (exact) mass is 371 g/mol. The van der Waals surface area contributed by atoms with Crippen molar-refractivity contribution in [3.63, 3.8) is 0 Å². The lowest BCUT2D eigenvalue weighted by atomic mass is 10.0. The van der Waals surface area contributed by atoms with Crippen LogP contribution < -0.4 is 0 Å². The molecule has 5 rings (SSSR count). The minimum atomic E-state index is -0.594. The molecule has 0 saturated heterocycles. The fourth-order valence-corrected chi connectivity index (χ4v) is 3.48. The van der Waals surface area contributed by atoms with Crippen molar-refractivity contribution in [3.05, 3.63) is 71.8 Å². The van der Waals surface area contributed by atoms with Gasteiger partial charge < -0.3 is 14.3 Å². The van der Waals surface area contributed by atoms with E-state index in [1.54, 1.807) is 17.4 Å². The number of rotatable bonds is 2. The Morgan fingerprint density at radius 3 is 3.07 bits per heavy atom. The van der Waals surface area contributed by atoms with E-state index in [2.05, 4.69) is 24.9 Å². The SMILES string of the molecule is N#Cc1ncoc1C(=O)N1CCc2[nH]cnc2[C@@H]1c1ncc2ccccc2n1. The summed E-state index contributed by atoms with van der Waals surface area (Å²) in [5.74, 6) is -0.0742. The zero-order chi connectivity index (χ0) is 19.1. The fraction of sp³-hybridized carbons (Fsp3) is 0.158. The lowest BCUT2D eigenvalue weighted by Gasteiger charge is -2.33. The van der Waals surface area contributed by atoms with Crippen molar-refractivity contribution in [1.82, 2.24) is 29.8 Å². The first-order valence-electron chi connectivity index (χ1n) is 8.64. The molecule has 4 aromatic rings. The van der Waals surface area contributed by atoms with Gasteiger partial charge in [-0.05, 0) is 6.07 Å². The van der Waals surface area contributed by atoms with Gasteiger partial charge in [-0.1, -0.05) is 18.2 Å². The van der Waals surface area contributed by atoms with E-state index in [1.165, 1.54) is 0 Å². The average Bonchev–Trinajstić information content (AvgIpc) is 3.41. The summed E-state index contributed by atoms with van der Waals surface area (Å²) in [6.07, 6.45) is 5.02. The average molecular weight is 371 g/mol. The van der Waals surface area contributed by atoms with Gasteiger partial charge in [-0.3, -0.25) is 4.79 Å². The van der Waals surface area contributed by atoms with E-state index in [0.29, 0.717) is 24.5 Å². The molecule has 136 valence electrons. The normalized spacial score (nSPS) is 16.0. The highest BCUT2D eigenvalue weighted by Crippen LogP contribution is 2.33. The number of hydrogen-bond acceptors (Lipinski definition) is 7. The van der Waals surface area contributed by atoms with Gasteiger partial charge >= 0.3 is 0 Å². The van der Waals surface area contributed by atoms with Crippen LogP contribution in [0.1, 0.15) is 39.5 Å². The Balaban J connectivity index is 1.64. The number of H-pyrrole nitrogens is 1. The van der Waals surface area contributed by atoms with E-state index < -0.39 is 11.9 Å². The van der Waals surface area contributed by atoms with Gasteiger partial charge in [0, 0.05) is 30.2 Å². The number of benzene rings is 1. The molecule has 4 heterocycles. The first kappa shape index (κ1) is 16.1. The van der Waals surface area contributed by atoms with Crippen LogP contribution >= 0.6 is 0 Å². The van der Waals surface area contributed by atoms with E-state index in [9.17, 15) is 10.1 Å². The third-order valence-corrected chi connectivity index (χ3v) is 4.81. The Hall–Kier alpha value is -4.06. The number of oxazole rings is 1. The second-order valence-corrected chi connectivity index (χ2v) is 6.35. The molecule has 0 radical (unpaired) electrons. The van der Waals surface area contributed by atoms with Gasteiger partial charge in [0.15, 0.2) is 17.9 Å². The number of fused-ring (bicyclic) bond motifs is 2. The summed E-state index contributed by atoms with van der Waals surface area (Å²) >= 11 is 0. The number of carbonyl (C=O) groups excluding carboxylic acids is 1. The molecule has 1 aliphatic rings. The Morgan fingerprint density at radius 1 is 1.29 bits per heavy atom. The Kier molecular flexibility index (Phi) is 3.62. The first-order valence-corrected chi connectivity index (χ1v) is 8.64. The molecule has 0 fully saturated rings. The van der Waals surface area contributed by atoms with Gasteiger partial charge in [0.1, 0.15) is 12.1 Å². The molecule has 1 aromatic carbocycles. The first-order chi connectivity index (χ1) is 13.8. The highest BCUT2D eigenvalue weighted by atomic mass is 16.3. The molecular formula is C19H13N7O2. The molecule has 9 nitrogen and oxygen atoms in total. The minimum absolute atomic E-state index is 0.0454. The molecule has 1 aliphatic heterocycles. The van der Waals surface area contributed by atoms with Crippen LogP contribution in [0.2, 0.25) is 0 Å². The van der Waals surface area contributed by atoms with Crippen molar-refractivity contribution in [2.24, 2.45) is 0 Å². The summed E-state index contributed by atoms with van der Waals surface area (Å²) in [4.78, 5) is 35.2. The highest BCUT2D eigenvalue weighted by Gasteiger charge is 2.38. The third-order valence-electron chi connectivity index (χ3n) is 4.81. The van der Waals surface area contributed by atoms with Gasteiger partial charge in [0.2, 0.25) is 5.76 Å². The second kappa shape index (κ2) is 6.28. The lowest BCUT2D eigenvalue weighted by Crippen LogP contribution is -2.41. The van der Waals surface area contributed by atoms with Crippen LogP contribution in [0.25, 0.3) is 10.9 Å². The largest absolute Gasteiger partial charge is 0.437 e. The summed E-state index contributed by atoms with van der Waals surface area (Å²) < 4.78 is 5.20. The predicted octanol–water partition coefficient (Wildman–Crippen LogP) is 2.00. The van der Waals surface area contributed by atoms with Crippen LogP contribution in [0.3, 0.4) is 0 Å². The molecule has 0 aliphatic carbocycles. The third kappa shape index (κ3) is 2.43. The number of aromatic amines is 1. The number of nitrogens with one attached hydrogen (secondary N) is 1. The lowest BCUT2D eigenvalue weighted by molar-refractivity contribution is 0.0650. The number of carbonyl (C=O) groups is 1. The van der Waals surface area contributed by atoms with E-state index in [0.717, 1.165) is 23.0 Å². The number of nitrogens with zero attached hydrogens (tertiary/aromatic N) is 6. The maximum atomic E-state index is 13.2. The number of hydrogen-bond donors (Lipinski definition) is 1. The smallest absolute Gasteiger partial charge is 0.293 e. The van der Waals surface area contributed by atoms with E-state index in [-0.39, 0.29) is 11.5 Å². The topological polar surface area (TPSA) is 125 Å². The van der Waals surface area contributed by atoms with Gasteiger partial charge in [-0.25, -0.2) is 19.9 Å². The van der Waals surface area contributed by atoms with Gasteiger partial charge in [0.05, 0.1) is 17.5 Å². The number of amides is 1. The van der Waals surface area contributed by atoms with Crippen molar-refractivity contribution in [2.45, 2.75) is 12.5 Å². The molecule has 0 saturated carbocycles. The molecule has 1 amide bonds. The van der Waals surface area contributed by atoms with Gasteiger partial charge in [0.25, 0.3) is 5.91 Å². The predicted molar refractivity (Wildman–Crippen MR) is 95.9 cm³/mol. The molecule has 1 N–H and O–H groups in total. The van der Waals surface area contributed by atoms with Crippen molar-refractivity contribution in [3.8, 4) is 6.07 Å². The van der Waals surface area contributed by atoms with E-state index in [1.807, 2.05) is 30.3 Å². The molecule has 0 unspecified atom stereocenters. The zero-order valence-corrected chi connectivity index (χ0v) is 14.5. The van der Waals surface area contributed by atoms with Crippen LogP contribution in [0.5, 0.6) is 0 Å². The van der Waals surface area contributed by atoms with Crippen molar-refractivity contribution in [2.75, 3.05) is 6.54 Å². The zero-order valence-electron chi connectivity index (χ0n) is 14.5. The number of nitriles is 1. The van der Waals surface area contributed by atoms with Crippen LogP contribution in [0.4, 0.5) is 0 Å². The van der Waals surface area contributed by atoms with E-state index in [4.69, 9.17) is 4.42 Å². The Morgan fingerprint density at radius 2 is 2.18 bits per heavy atom. The Labute approximate surface area is 158 Å². The fourth-order valence-electron chi connectivity index (χ4n) is 3.48. The van der Waals surface area contributed by atoms with Crippen LogP contribution in [0, 0.1) is 11.3 Å². The maximum absolute atomic E-state index is 13.2. The summed E-state index contributed by atoms with van der Waals surface area (Å²) in [6.45, 7) is 0.403. The van der Waals surface area contributed by atoms with Gasteiger partial charge in [-0.15, -0.1) is 0 Å². The summed E-state index contributed by atoms with van der Waals surface area (Å²) in [7, 11) is 0. The molecule has 3 aromatic heterocycles. The van der Waals surface area contributed by atoms with Crippen molar-refractivity contribution >= 4 is 16.8 Å². The van der Waals surface area contributed by atoms with Crippen LogP contribution in [-0.4, -0.2) is 42.3 Å². The van der Waals surface area contributed by atoms with Crippen molar-refractivity contribution < 1.29 is 9.21 Å². The second-order valence-electron chi connectivity index (χ2n) is 6.35. The summed E-state index contributed by atoms with van der Waals surface area (Å²) in [5.41, 5.74) is 2.35. The summed E-state index contributed by atoms with van der Waals surface area (Å²) in [5, 5.41) is 10.1. The molecular weight excluding hydrogens is 358 g/mol. The molecule has 28 heavy (non-hydrogen) atoms. The molecule has 1 atom stereocenters.